The second kappa shape index (κ2) is 5.45. The summed E-state index contributed by atoms with van der Waals surface area (Å²) < 4.78 is 0. The predicted molar refractivity (Wildman–Crippen MR) is 56.7 cm³/mol. The predicted octanol–water partition coefficient (Wildman–Crippen LogP) is -0.587. The zero-order chi connectivity index (χ0) is 12.9. The topological polar surface area (TPSA) is 122 Å². The SMILES string of the molecule is CCC(C)(NC(C)C(=O)NC(N)=O)C(=O)O. The number of carboxylic acid groups (broad SMARTS) is 1. The molecule has 5 N–H and O–H groups in total. The monoisotopic (exact) mass is 231 g/mol. The molecule has 0 rings (SSSR count). The van der Waals surface area contributed by atoms with Gasteiger partial charge in [-0.3, -0.25) is 20.2 Å². The normalized spacial score (nSPS) is 15.9. The minimum atomic E-state index is -1.21. The number of carbonyl (C=O) groups is 3. The van der Waals surface area contributed by atoms with Crippen molar-refractivity contribution in [1.82, 2.24) is 10.6 Å². The van der Waals surface area contributed by atoms with Crippen LogP contribution in [0.25, 0.3) is 0 Å². The summed E-state index contributed by atoms with van der Waals surface area (Å²) in [6.07, 6.45) is 0.302. The number of carboxylic acids is 1. The van der Waals surface area contributed by atoms with Crippen LogP contribution >= 0.6 is 0 Å². The Balaban J connectivity index is 4.53. The van der Waals surface area contributed by atoms with E-state index >= 15 is 0 Å². The van der Waals surface area contributed by atoms with E-state index in [4.69, 9.17) is 10.8 Å². The number of amides is 3. The van der Waals surface area contributed by atoms with Gasteiger partial charge in [0.05, 0.1) is 6.04 Å². The Labute approximate surface area is 93.4 Å². The number of hydrogen-bond acceptors (Lipinski definition) is 4. The van der Waals surface area contributed by atoms with Gasteiger partial charge in [0.15, 0.2) is 0 Å². The van der Waals surface area contributed by atoms with Gasteiger partial charge < -0.3 is 10.8 Å². The number of primary amides is 1. The zero-order valence-electron chi connectivity index (χ0n) is 9.53. The lowest BCUT2D eigenvalue weighted by Gasteiger charge is -2.27. The van der Waals surface area contributed by atoms with Crippen molar-refractivity contribution >= 4 is 17.9 Å². The number of nitrogens with one attached hydrogen (secondary N) is 2. The highest BCUT2D eigenvalue weighted by molar-refractivity contribution is 5.96. The summed E-state index contributed by atoms with van der Waals surface area (Å²) in [5.41, 5.74) is 3.56. The van der Waals surface area contributed by atoms with E-state index in [0.29, 0.717) is 6.42 Å². The fourth-order valence-corrected chi connectivity index (χ4v) is 1.09. The van der Waals surface area contributed by atoms with Gasteiger partial charge in [0.1, 0.15) is 5.54 Å². The Morgan fingerprint density at radius 1 is 1.44 bits per heavy atom. The molecule has 7 heteroatoms. The minimum absolute atomic E-state index is 0.302. The first-order chi connectivity index (χ1) is 7.23. The maximum absolute atomic E-state index is 11.3. The second-order valence-corrected chi connectivity index (χ2v) is 3.71. The number of aliphatic carboxylic acids is 1. The number of urea groups is 1. The minimum Gasteiger partial charge on any atom is -0.480 e. The summed E-state index contributed by atoms with van der Waals surface area (Å²) in [6, 6.07) is -1.79. The van der Waals surface area contributed by atoms with Crippen LogP contribution in [0, 0.1) is 0 Å². The molecule has 7 nitrogen and oxygen atoms in total. The molecule has 0 saturated heterocycles. The van der Waals surface area contributed by atoms with Gasteiger partial charge >= 0.3 is 12.0 Å². The highest BCUT2D eigenvalue weighted by atomic mass is 16.4. The standard InChI is InChI=1S/C9H17N3O4/c1-4-9(3,7(14)15)12-5(2)6(13)11-8(10)16/h5,12H,4H2,1-3H3,(H,14,15)(H3,10,11,13,16). The van der Waals surface area contributed by atoms with Crippen LogP contribution in [-0.2, 0) is 9.59 Å². The average Bonchev–Trinajstić information content (AvgIpc) is 2.16. The molecule has 0 aromatic carbocycles. The Morgan fingerprint density at radius 2 is 1.94 bits per heavy atom. The zero-order valence-corrected chi connectivity index (χ0v) is 9.53. The molecule has 0 aromatic heterocycles. The first-order valence-electron chi connectivity index (χ1n) is 4.84. The Morgan fingerprint density at radius 3 is 2.25 bits per heavy atom. The van der Waals surface area contributed by atoms with Gasteiger partial charge in [0.25, 0.3) is 0 Å². The maximum atomic E-state index is 11.3. The van der Waals surface area contributed by atoms with Gasteiger partial charge in [-0.15, -0.1) is 0 Å². The molecule has 92 valence electrons. The van der Waals surface area contributed by atoms with Crippen LogP contribution in [0.5, 0.6) is 0 Å². The highest BCUT2D eigenvalue weighted by Crippen LogP contribution is 2.10. The molecule has 0 aliphatic rings. The van der Waals surface area contributed by atoms with E-state index in [1.807, 2.05) is 5.32 Å². The summed E-state index contributed by atoms with van der Waals surface area (Å²) in [6.45, 7) is 4.60. The van der Waals surface area contributed by atoms with Gasteiger partial charge in [-0.2, -0.15) is 0 Å². The van der Waals surface area contributed by atoms with Crippen LogP contribution in [-0.4, -0.2) is 34.6 Å². The molecule has 0 fully saturated rings. The summed E-state index contributed by atoms with van der Waals surface area (Å²) in [5, 5.41) is 13.5. The van der Waals surface area contributed by atoms with Crippen molar-refractivity contribution in [3.8, 4) is 0 Å². The number of rotatable bonds is 5. The van der Waals surface area contributed by atoms with Gasteiger partial charge in [-0.05, 0) is 20.3 Å². The molecule has 0 aromatic rings. The molecule has 0 aliphatic heterocycles. The van der Waals surface area contributed by atoms with E-state index in [0.717, 1.165) is 0 Å². The van der Waals surface area contributed by atoms with Crippen molar-refractivity contribution in [3.05, 3.63) is 0 Å². The lowest BCUT2D eigenvalue weighted by Crippen LogP contribution is -2.57. The molecule has 0 saturated carbocycles. The first-order valence-corrected chi connectivity index (χ1v) is 4.84. The Kier molecular flexibility index (Phi) is 4.90. The van der Waals surface area contributed by atoms with Crippen LogP contribution in [0.15, 0.2) is 0 Å². The molecular weight excluding hydrogens is 214 g/mol. The van der Waals surface area contributed by atoms with Crippen LogP contribution < -0.4 is 16.4 Å². The van der Waals surface area contributed by atoms with E-state index in [1.165, 1.54) is 13.8 Å². The molecule has 3 amide bonds. The van der Waals surface area contributed by atoms with Crippen LogP contribution in [0.4, 0.5) is 4.79 Å². The van der Waals surface area contributed by atoms with Crippen molar-refractivity contribution < 1.29 is 19.5 Å². The van der Waals surface area contributed by atoms with E-state index in [1.54, 1.807) is 6.92 Å². The van der Waals surface area contributed by atoms with E-state index < -0.39 is 29.5 Å². The van der Waals surface area contributed by atoms with E-state index in [-0.39, 0.29) is 0 Å². The Hall–Kier alpha value is -1.63. The first kappa shape index (κ1) is 14.4. The summed E-state index contributed by atoms with van der Waals surface area (Å²) in [5.74, 6) is -1.72. The van der Waals surface area contributed by atoms with E-state index in [2.05, 4.69) is 5.32 Å². The van der Waals surface area contributed by atoms with Crippen LogP contribution in [0.1, 0.15) is 27.2 Å². The van der Waals surface area contributed by atoms with Gasteiger partial charge in [-0.25, -0.2) is 4.79 Å². The molecule has 2 atom stereocenters. The average molecular weight is 231 g/mol. The van der Waals surface area contributed by atoms with Crippen molar-refractivity contribution in [2.24, 2.45) is 5.73 Å². The van der Waals surface area contributed by atoms with Crippen LogP contribution in [0.3, 0.4) is 0 Å². The third kappa shape index (κ3) is 3.85. The highest BCUT2D eigenvalue weighted by Gasteiger charge is 2.34. The third-order valence-corrected chi connectivity index (χ3v) is 2.35. The number of hydrogen-bond donors (Lipinski definition) is 4. The van der Waals surface area contributed by atoms with Crippen molar-refractivity contribution in [2.45, 2.75) is 38.8 Å². The largest absolute Gasteiger partial charge is 0.480 e. The molecule has 0 bridgehead atoms. The van der Waals surface area contributed by atoms with Crippen LogP contribution in [0.2, 0.25) is 0 Å². The molecule has 0 heterocycles. The van der Waals surface area contributed by atoms with Gasteiger partial charge in [0.2, 0.25) is 5.91 Å². The lowest BCUT2D eigenvalue weighted by atomic mass is 9.98. The quantitative estimate of drug-likeness (QED) is 0.504. The molecular formula is C9H17N3O4. The number of carbonyl (C=O) groups excluding carboxylic acids is 2. The number of imide groups is 1. The fraction of sp³-hybridized carbons (Fsp3) is 0.667. The molecule has 0 spiro atoms. The van der Waals surface area contributed by atoms with Crippen molar-refractivity contribution in [2.75, 3.05) is 0 Å². The molecule has 2 unspecified atom stereocenters. The number of nitrogens with two attached hydrogens (primary N) is 1. The maximum Gasteiger partial charge on any atom is 0.323 e. The molecule has 16 heavy (non-hydrogen) atoms. The molecule has 0 aliphatic carbocycles. The summed E-state index contributed by atoms with van der Waals surface area (Å²) in [7, 11) is 0. The van der Waals surface area contributed by atoms with Crippen molar-refractivity contribution in [1.29, 1.82) is 0 Å². The molecule has 0 radical (unpaired) electrons. The smallest absolute Gasteiger partial charge is 0.323 e. The third-order valence-electron chi connectivity index (χ3n) is 2.35. The van der Waals surface area contributed by atoms with E-state index in [9.17, 15) is 14.4 Å². The van der Waals surface area contributed by atoms with Gasteiger partial charge in [0, 0.05) is 0 Å². The van der Waals surface area contributed by atoms with Crippen molar-refractivity contribution in [3.63, 3.8) is 0 Å². The fourth-order valence-electron chi connectivity index (χ4n) is 1.09. The summed E-state index contributed by atoms with van der Waals surface area (Å²) in [4.78, 5) is 32.7. The van der Waals surface area contributed by atoms with Gasteiger partial charge in [-0.1, -0.05) is 6.92 Å². The summed E-state index contributed by atoms with van der Waals surface area (Å²) >= 11 is 0. The lowest BCUT2D eigenvalue weighted by molar-refractivity contribution is -0.144. The Bertz CT molecular complexity index is 305. The second-order valence-electron chi connectivity index (χ2n) is 3.71.